The van der Waals surface area contributed by atoms with E-state index in [9.17, 15) is 19.5 Å². The normalized spacial score (nSPS) is 49.9. The molecule has 152 valence electrons. The van der Waals surface area contributed by atoms with Crippen LogP contribution in [0.5, 0.6) is 0 Å². The summed E-state index contributed by atoms with van der Waals surface area (Å²) in [5.74, 6) is -0.443. The van der Waals surface area contributed by atoms with E-state index in [1.165, 1.54) is 0 Å². The van der Waals surface area contributed by atoms with Gasteiger partial charge in [-0.2, -0.15) is 0 Å². The van der Waals surface area contributed by atoms with Crippen LogP contribution in [0, 0.1) is 34.5 Å². The lowest BCUT2D eigenvalue weighted by Gasteiger charge is -2.60. The number of aliphatic carboxylic acids is 1. The number of carboxylic acid groups (broad SMARTS) is 1. The van der Waals surface area contributed by atoms with Crippen molar-refractivity contribution >= 4 is 17.7 Å². The van der Waals surface area contributed by atoms with Gasteiger partial charge in [0.05, 0.1) is 5.92 Å². The van der Waals surface area contributed by atoms with E-state index in [-0.39, 0.29) is 40.0 Å². The molecule has 0 aromatic carbocycles. The second kappa shape index (κ2) is 5.70. The Balaban J connectivity index is 1.57. The van der Waals surface area contributed by atoms with E-state index in [1.54, 1.807) is 6.08 Å². The molecule has 0 amide bonds. The molecule has 5 aliphatic rings. The number of carbonyl (C=O) groups is 3. The Bertz CT molecular complexity index is 799. The number of carboxylic acids is 1. The largest absolute Gasteiger partial charge is 0.481 e. The summed E-state index contributed by atoms with van der Waals surface area (Å²) in [6, 6.07) is 0. The molecule has 1 aliphatic heterocycles. The molecule has 28 heavy (non-hydrogen) atoms. The quantitative estimate of drug-likeness (QED) is 0.691. The molecular weight excluding hydrogens is 356 g/mol. The summed E-state index contributed by atoms with van der Waals surface area (Å²) in [5.41, 5.74) is 0.493. The highest BCUT2D eigenvalue weighted by Crippen LogP contribution is 2.70. The van der Waals surface area contributed by atoms with Crippen LogP contribution in [0.25, 0.3) is 0 Å². The topological polar surface area (TPSA) is 80.7 Å². The monoisotopic (exact) mass is 386 g/mol. The van der Waals surface area contributed by atoms with E-state index in [4.69, 9.17) is 4.74 Å². The smallest absolute Gasteiger partial charge is 0.307 e. The molecule has 4 aliphatic carbocycles. The molecule has 5 nitrogen and oxygen atoms in total. The third-order valence-electron chi connectivity index (χ3n) is 9.66. The van der Waals surface area contributed by atoms with E-state index in [1.807, 2.05) is 0 Å². The van der Waals surface area contributed by atoms with Gasteiger partial charge in [-0.3, -0.25) is 14.4 Å². The van der Waals surface area contributed by atoms with Gasteiger partial charge in [0.15, 0.2) is 5.78 Å². The van der Waals surface area contributed by atoms with Crippen molar-refractivity contribution in [3.8, 4) is 0 Å². The second-order valence-corrected chi connectivity index (χ2v) is 10.5. The van der Waals surface area contributed by atoms with Gasteiger partial charge in [0.25, 0.3) is 0 Å². The van der Waals surface area contributed by atoms with Crippen molar-refractivity contribution in [1.29, 1.82) is 0 Å². The summed E-state index contributed by atoms with van der Waals surface area (Å²) in [4.78, 5) is 36.4. The van der Waals surface area contributed by atoms with Crippen molar-refractivity contribution in [3.05, 3.63) is 11.6 Å². The Morgan fingerprint density at radius 2 is 1.82 bits per heavy atom. The summed E-state index contributed by atoms with van der Waals surface area (Å²) >= 11 is 0. The number of hydrogen-bond donors (Lipinski definition) is 1. The molecular formula is C23H30O5. The Kier molecular flexibility index (Phi) is 3.74. The second-order valence-electron chi connectivity index (χ2n) is 10.5. The molecule has 3 saturated carbocycles. The zero-order valence-corrected chi connectivity index (χ0v) is 16.8. The number of rotatable bonds is 1. The van der Waals surface area contributed by atoms with Crippen molar-refractivity contribution in [1.82, 2.24) is 0 Å². The molecule has 5 rings (SSSR count). The predicted molar refractivity (Wildman–Crippen MR) is 101 cm³/mol. The Labute approximate surface area is 165 Å². The number of ether oxygens (including phenoxy) is 1. The summed E-state index contributed by atoms with van der Waals surface area (Å²) in [5, 5.41) is 10.1. The van der Waals surface area contributed by atoms with Gasteiger partial charge >= 0.3 is 11.9 Å². The fraction of sp³-hybridized carbons (Fsp3) is 0.783. The first-order valence-corrected chi connectivity index (χ1v) is 10.9. The number of ketones is 1. The van der Waals surface area contributed by atoms with Gasteiger partial charge in [0.2, 0.25) is 0 Å². The molecule has 5 heteroatoms. The molecule has 0 bridgehead atoms. The van der Waals surface area contributed by atoms with Crippen molar-refractivity contribution in [2.75, 3.05) is 0 Å². The van der Waals surface area contributed by atoms with Gasteiger partial charge in [-0.05, 0) is 74.2 Å². The highest BCUT2D eigenvalue weighted by Gasteiger charge is 2.68. The van der Waals surface area contributed by atoms with Crippen molar-refractivity contribution in [2.24, 2.45) is 34.5 Å². The maximum atomic E-state index is 12.3. The Morgan fingerprint density at radius 3 is 2.50 bits per heavy atom. The highest BCUT2D eigenvalue weighted by atomic mass is 16.6. The van der Waals surface area contributed by atoms with E-state index < -0.39 is 11.9 Å². The Hall–Kier alpha value is -1.65. The first-order chi connectivity index (χ1) is 13.2. The van der Waals surface area contributed by atoms with Crippen LogP contribution < -0.4 is 0 Å². The maximum absolute atomic E-state index is 12.3. The van der Waals surface area contributed by atoms with Crippen LogP contribution in [-0.4, -0.2) is 28.4 Å². The molecule has 0 radical (unpaired) electrons. The predicted octanol–water partition coefficient (Wildman–Crippen LogP) is 3.90. The third kappa shape index (κ3) is 2.16. The average Bonchev–Trinajstić information content (AvgIpc) is 3.16. The van der Waals surface area contributed by atoms with E-state index >= 15 is 0 Å². The van der Waals surface area contributed by atoms with Gasteiger partial charge in [-0.15, -0.1) is 0 Å². The minimum atomic E-state index is -0.732. The lowest BCUT2D eigenvalue weighted by molar-refractivity contribution is -0.176. The fourth-order valence-electron chi connectivity index (χ4n) is 8.11. The highest BCUT2D eigenvalue weighted by molar-refractivity contribution is 5.92. The van der Waals surface area contributed by atoms with Gasteiger partial charge in [-0.25, -0.2) is 0 Å². The molecule has 1 spiro atoms. The van der Waals surface area contributed by atoms with Gasteiger partial charge < -0.3 is 9.84 Å². The molecule has 1 N–H and O–H groups in total. The summed E-state index contributed by atoms with van der Waals surface area (Å²) < 4.78 is 5.96. The summed E-state index contributed by atoms with van der Waals surface area (Å²) in [6.07, 6.45) is 8.71. The molecule has 1 saturated heterocycles. The number of esters is 1. The van der Waals surface area contributed by atoms with Gasteiger partial charge in [0.1, 0.15) is 5.60 Å². The first kappa shape index (κ1) is 18.4. The fourth-order valence-corrected chi connectivity index (χ4v) is 8.11. The van der Waals surface area contributed by atoms with E-state index in [2.05, 4.69) is 13.8 Å². The minimum Gasteiger partial charge on any atom is -0.481 e. The zero-order valence-electron chi connectivity index (χ0n) is 16.8. The lowest BCUT2D eigenvalue weighted by Crippen LogP contribution is -2.58. The van der Waals surface area contributed by atoms with Crippen molar-refractivity contribution < 1.29 is 24.2 Å². The summed E-state index contributed by atoms with van der Waals surface area (Å²) in [7, 11) is 0. The number of hydrogen-bond acceptors (Lipinski definition) is 4. The zero-order chi connectivity index (χ0) is 19.9. The van der Waals surface area contributed by atoms with E-state index in [0.29, 0.717) is 25.2 Å². The van der Waals surface area contributed by atoms with Gasteiger partial charge in [-0.1, -0.05) is 19.4 Å². The van der Waals surface area contributed by atoms with Crippen LogP contribution in [0.1, 0.15) is 71.6 Å². The minimum absolute atomic E-state index is 0.0615. The number of allylic oxidation sites excluding steroid dienone is 1. The van der Waals surface area contributed by atoms with Crippen LogP contribution >= 0.6 is 0 Å². The van der Waals surface area contributed by atoms with Crippen LogP contribution in [0.3, 0.4) is 0 Å². The molecule has 1 heterocycles. The number of carbonyl (C=O) groups excluding carboxylic acids is 2. The first-order valence-electron chi connectivity index (χ1n) is 10.9. The SMILES string of the molecule is CC12CCC(=O)C=C1CC(C(=O)O)C1C2CCC2(C)C1CCC21CCC(=O)O1. The molecule has 4 fully saturated rings. The van der Waals surface area contributed by atoms with Crippen molar-refractivity contribution in [2.45, 2.75) is 77.2 Å². The standard InChI is InChI=1S/C23H30O5/c1-21-7-3-14(24)11-13(21)12-15(20(26)27)19-16(21)4-8-22(2)17(19)5-9-23(22)10-6-18(25)28-23/h11,15-17,19H,3-10,12H2,1-2H3,(H,26,27). The van der Waals surface area contributed by atoms with E-state index in [0.717, 1.165) is 44.1 Å². The molecule has 0 aromatic rings. The summed E-state index contributed by atoms with van der Waals surface area (Å²) in [6.45, 7) is 4.53. The lowest BCUT2D eigenvalue weighted by atomic mass is 9.44. The van der Waals surface area contributed by atoms with Crippen LogP contribution in [-0.2, 0) is 19.1 Å². The third-order valence-corrected chi connectivity index (χ3v) is 9.66. The van der Waals surface area contributed by atoms with Crippen LogP contribution in [0.4, 0.5) is 0 Å². The maximum Gasteiger partial charge on any atom is 0.307 e. The molecule has 0 aromatic heterocycles. The molecule has 7 unspecified atom stereocenters. The van der Waals surface area contributed by atoms with Crippen molar-refractivity contribution in [3.63, 3.8) is 0 Å². The Morgan fingerprint density at radius 1 is 1.07 bits per heavy atom. The van der Waals surface area contributed by atoms with Gasteiger partial charge in [0, 0.05) is 18.3 Å². The number of fused-ring (bicyclic) bond motifs is 6. The van der Waals surface area contributed by atoms with Crippen LogP contribution in [0.2, 0.25) is 0 Å². The average molecular weight is 386 g/mol. The van der Waals surface area contributed by atoms with Crippen LogP contribution in [0.15, 0.2) is 11.6 Å². The molecule has 7 atom stereocenters.